The van der Waals surface area contributed by atoms with Crippen LogP contribution in [0.3, 0.4) is 0 Å². The van der Waals surface area contributed by atoms with Gasteiger partial charge in [-0.05, 0) is 71.8 Å². The number of para-hydroxylation sites is 3. The molecule has 0 aliphatic carbocycles. The van der Waals surface area contributed by atoms with Crippen molar-refractivity contribution in [2.45, 2.75) is 44.2 Å². The summed E-state index contributed by atoms with van der Waals surface area (Å²) in [4.78, 5) is 5.26. The Labute approximate surface area is 300 Å². The van der Waals surface area contributed by atoms with Crippen LogP contribution in [-0.4, -0.2) is 4.57 Å². The standard InChI is InChI=1S/C47H33N5/c1-45(2)29-15-7-10-18-34(29)50-39-22-12-20-36-35-19-11-21-38-49-32-16-8-5-13-26(32)27-25-31-44-41(42(27)49)47(51(35)38,52(36)39)40-37(24-23-30(45)43(40)50)48(44)33-17-9-6-14-28(33)46(31,3)4/h5-25H,1-4H3/q+2. The van der Waals surface area contributed by atoms with Crippen LogP contribution in [-0.2, 0) is 16.5 Å². The van der Waals surface area contributed by atoms with Crippen molar-refractivity contribution < 1.29 is 9.13 Å². The second kappa shape index (κ2) is 7.83. The molecule has 5 heteroatoms. The van der Waals surface area contributed by atoms with E-state index in [4.69, 9.17) is 0 Å². The first-order chi connectivity index (χ1) is 25.4. The predicted molar refractivity (Wildman–Crippen MR) is 205 cm³/mol. The Hall–Kier alpha value is -6.20. The number of aromatic nitrogens is 3. The van der Waals surface area contributed by atoms with E-state index in [1.54, 1.807) is 0 Å². The molecule has 14 rings (SSSR count). The van der Waals surface area contributed by atoms with Crippen molar-refractivity contribution in [3.05, 3.63) is 161 Å². The fourth-order valence-electron chi connectivity index (χ4n) is 11.8. The van der Waals surface area contributed by atoms with Crippen molar-refractivity contribution in [1.29, 1.82) is 0 Å². The minimum absolute atomic E-state index is 0.206. The highest BCUT2D eigenvalue weighted by Crippen LogP contribution is 2.68. The molecule has 3 aromatic heterocycles. The van der Waals surface area contributed by atoms with Gasteiger partial charge in [0.15, 0.2) is 22.6 Å². The third-order valence-corrected chi connectivity index (χ3v) is 13.8. The Kier molecular flexibility index (Phi) is 4.00. The van der Waals surface area contributed by atoms with Crippen molar-refractivity contribution in [1.82, 2.24) is 4.57 Å². The van der Waals surface area contributed by atoms with Crippen LogP contribution in [0.5, 0.6) is 0 Å². The number of hydrogen-bond donors (Lipinski definition) is 0. The van der Waals surface area contributed by atoms with E-state index in [-0.39, 0.29) is 10.8 Å². The van der Waals surface area contributed by atoms with E-state index < -0.39 is 5.66 Å². The first-order valence-electron chi connectivity index (χ1n) is 18.6. The Balaban J connectivity index is 1.32. The van der Waals surface area contributed by atoms with Gasteiger partial charge in [-0.25, -0.2) is 0 Å². The maximum atomic E-state index is 2.72. The molecule has 6 aliphatic rings. The zero-order chi connectivity index (χ0) is 34.2. The summed E-state index contributed by atoms with van der Waals surface area (Å²) >= 11 is 0. The summed E-state index contributed by atoms with van der Waals surface area (Å²) in [6, 6.07) is 48.7. The molecule has 0 fully saturated rings. The molecule has 8 aromatic rings. The van der Waals surface area contributed by atoms with Gasteiger partial charge in [-0.15, -0.1) is 0 Å². The lowest BCUT2D eigenvalue weighted by molar-refractivity contribution is -0.931. The number of nitrogens with zero attached hydrogens (tertiary/aromatic N) is 5. The highest BCUT2D eigenvalue weighted by atomic mass is 15.5. The summed E-state index contributed by atoms with van der Waals surface area (Å²) in [6.45, 7) is 9.71. The minimum atomic E-state index is -0.649. The highest BCUT2D eigenvalue weighted by molar-refractivity contribution is 6.15. The van der Waals surface area contributed by atoms with Crippen LogP contribution in [0.15, 0.2) is 127 Å². The molecule has 0 saturated heterocycles. The molecule has 52 heavy (non-hydrogen) atoms. The topological polar surface area (TPSA) is 19.2 Å². The van der Waals surface area contributed by atoms with E-state index in [2.05, 4.69) is 179 Å². The molecule has 1 unspecified atom stereocenters. The van der Waals surface area contributed by atoms with Crippen LogP contribution in [0.2, 0.25) is 0 Å². The lowest BCUT2D eigenvalue weighted by atomic mass is 9.66. The molecule has 0 amide bonds. The molecular weight excluding hydrogens is 635 g/mol. The molecule has 0 radical (unpaired) electrons. The van der Waals surface area contributed by atoms with Gasteiger partial charge in [0.05, 0.1) is 17.1 Å². The van der Waals surface area contributed by atoms with Gasteiger partial charge in [-0.1, -0.05) is 82.3 Å². The number of rotatable bonds is 0. The fraction of sp³-hybridized carbons (Fsp3) is 0.149. The molecule has 0 bridgehead atoms. The molecule has 5 nitrogen and oxygen atoms in total. The van der Waals surface area contributed by atoms with E-state index in [0.717, 1.165) is 0 Å². The number of benzene rings is 5. The average molecular weight is 668 g/mol. The fourth-order valence-corrected chi connectivity index (χ4v) is 11.8. The van der Waals surface area contributed by atoms with Gasteiger partial charge in [0, 0.05) is 44.9 Å². The average Bonchev–Trinajstić information content (AvgIpc) is 3.66. The number of hydrogen-bond acceptors (Lipinski definition) is 2. The largest absolute Gasteiger partial charge is 0.319 e. The summed E-state index contributed by atoms with van der Waals surface area (Å²) in [5, 5.41) is 2.63. The van der Waals surface area contributed by atoms with Gasteiger partial charge in [0.2, 0.25) is 0 Å². The Morgan fingerprint density at radius 3 is 1.85 bits per heavy atom. The van der Waals surface area contributed by atoms with E-state index in [9.17, 15) is 0 Å². The summed E-state index contributed by atoms with van der Waals surface area (Å²) in [7, 11) is 0. The lowest BCUT2D eigenvalue weighted by Gasteiger charge is -2.52. The maximum absolute atomic E-state index is 2.72. The van der Waals surface area contributed by atoms with Gasteiger partial charge in [-0.3, -0.25) is 0 Å². The summed E-state index contributed by atoms with van der Waals surface area (Å²) in [5.41, 5.74) is 18.7. The Bertz CT molecular complexity index is 3110. The van der Waals surface area contributed by atoms with Crippen LogP contribution < -0.4 is 18.9 Å². The van der Waals surface area contributed by atoms with E-state index in [1.165, 1.54) is 107 Å². The monoisotopic (exact) mass is 667 g/mol. The number of pyridine rings is 2. The summed E-state index contributed by atoms with van der Waals surface area (Å²) in [6.07, 6.45) is 0. The normalized spacial score (nSPS) is 19.8. The quantitative estimate of drug-likeness (QED) is 0.150. The third-order valence-electron chi connectivity index (χ3n) is 13.8. The minimum Gasteiger partial charge on any atom is -0.308 e. The van der Waals surface area contributed by atoms with Crippen molar-refractivity contribution in [2.75, 3.05) is 9.80 Å². The first-order valence-corrected chi connectivity index (χ1v) is 18.6. The second-order valence-electron chi connectivity index (χ2n) is 16.6. The molecule has 9 heterocycles. The molecule has 5 aromatic carbocycles. The van der Waals surface area contributed by atoms with E-state index in [0.29, 0.717) is 0 Å². The van der Waals surface area contributed by atoms with Crippen molar-refractivity contribution in [3.8, 4) is 17.2 Å². The van der Waals surface area contributed by atoms with Crippen molar-refractivity contribution in [2.24, 2.45) is 0 Å². The molecule has 0 N–H and O–H groups in total. The van der Waals surface area contributed by atoms with Crippen LogP contribution >= 0.6 is 0 Å². The zero-order valence-corrected chi connectivity index (χ0v) is 29.4. The lowest BCUT2D eigenvalue weighted by Crippen LogP contribution is -2.76. The van der Waals surface area contributed by atoms with Gasteiger partial charge in [-0.2, -0.15) is 18.6 Å². The summed E-state index contributed by atoms with van der Waals surface area (Å²) < 4.78 is 8.02. The van der Waals surface area contributed by atoms with Gasteiger partial charge >= 0.3 is 5.66 Å². The van der Waals surface area contributed by atoms with Crippen molar-refractivity contribution in [3.63, 3.8) is 0 Å². The molecule has 1 atom stereocenters. The molecular formula is C47H33N5+2. The highest BCUT2D eigenvalue weighted by Gasteiger charge is 2.72. The summed E-state index contributed by atoms with van der Waals surface area (Å²) in [5.74, 6) is 2.42. The molecule has 6 aliphatic heterocycles. The van der Waals surface area contributed by atoms with Gasteiger partial charge < -0.3 is 4.90 Å². The number of fused-ring (bicyclic) bond motifs is 11. The van der Waals surface area contributed by atoms with Crippen LogP contribution in [0, 0.1) is 0 Å². The van der Waals surface area contributed by atoms with Crippen LogP contribution in [0.1, 0.15) is 61.1 Å². The maximum Gasteiger partial charge on any atom is 0.319 e. The van der Waals surface area contributed by atoms with Crippen LogP contribution in [0.4, 0.5) is 34.3 Å². The zero-order valence-electron chi connectivity index (χ0n) is 29.4. The molecule has 1 spiro atoms. The third kappa shape index (κ3) is 2.38. The Morgan fingerprint density at radius 2 is 1.08 bits per heavy atom. The second-order valence-corrected chi connectivity index (χ2v) is 16.6. The van der Waals surface area contributed by atoms with Gasteiger partial charge in [0.25, 0.3) is 11.6 Å². The van der Waals surface area contributed by atoms with Gasteiger partial charge in [0.1, 0.15) is 22.3 Å². The number of anilines is 6. The van der Waals surface area contributed by atoms with Crippen LogP contribution in [0.25, 0.3) is 39.0 Å². The Morgan fingerprint density at radius 1 is 0.462 bits per heavy atom. The SMILES string of the molecule is CC1(C)c2ccccc2N2c3c1ccc1c3C34c5c6c(cc7c8ccccc8n(c57)-c5cccc([n+]53)-c3cccc2[n+]34)C(C)(C)c2ccccc2N16. The molecule has 0 saturated carbocycles. The predicted octanol–water partition coefficient (Wildman–Crippen LogP) is 9.80. The van der Waals surface area contributed by atoms with Crippen molar-refractivity contribution >= 4 is 56.1 Å². The first kappa shape index (κ1) is 26.6. The van der Waals surface area contributed by atoms with E-state index >= 15 is 0 Å². The van der Waals surface area contributed by atoms with E-state index in [1.807, 2.05) is 0 Å². The molecule has 244 valence electrons. The smallest absolute Gasteiger partial charge is 0.308 e.